The molecule has 8 heteroatoms. The Hall–Kier alpha value is -3.39. The van der Waals surface area contributed by atoms with Gasteiger partial charge in [0.05, 0.1) is 11.9 Å². The van der Waals surface area contributed by atoms with Gasteiger partial charge in [0.15, 0.2) is 10.9 Å². The number of carbonyl (C=O) groups is 1. The number of nitrogens with one attached hydrogen (secondary N) is 1. The fourth-order valence-corrected chi connectivity index (χ4v) is 3.21. The number of hydrogen-bond donors (Lipinski definition) is 1. The van der Waals surface area contributed by atoms with E-state index < -0.39 is 5.91 Å². The summed E-state index contributed by atoms with van der Waals surface area (Å²) >= 11 is 1.30. The lowest BCUT2D eigenvalue weighted by molar-refractivity contribution is 0.102. The Morgan fingerprint density at radius 3 is 2.70 bits per heavy atom. The highest BCUT2D eigenvalue weighted by molar-refractivity contribution is 7.14. The van der Waals surface area contributed by atoms with Crippen molar-refractivity contribution in [2.24, 2.45) is 0 Å². The zero-order valence-electron chi connectivity index (χ0n) is 14.1. The van der Waals surface area contributed by atoms with Crippen molar-refractivity contribution in [1.29, 1.82) is 0 Å². The highest BCUT2D eigenvalue weighted by Crippen LogP contribution is 2.27. The van der Waals surface area contributed by atoms with E-state index in [-0.39, 0.29) is 17.1 Å². The first-order valence-electron chi connectivity index (χ1n) is 8.01. The van der Waals surface area contributed by atoms with Crippen molar-refractivity contribution in [2.45, 2.75) is 6.92 Å². The molecule has 0 atom stereocenters. The van der Waals surface area contributed by atoms with E-state index in [0.29, 0.717) is 16.4 Å². The van der Waals surface area contributed by atoms with Crippen LogP contribution in [0.25, 0.3) is 22.7 Å². The normalized spacial score (nSPS) is 10.7. The summed E-state index contributed by atoms with van der Waals surface area (Å²) < 4.78 is 18.3. The van der Waals surface area contributed by atoms with Gasteiger partial charge in [0.2, 0.25) is 0 Å². The molecule has 3 aromatic heterocycles. The summed E-state index contributed by atoms with van der Waals surface area (Å²) in [4.78, 5) is 21.4. The summed E-state index contributed by atoms with van der Waals surface area (Å²) in [6, 6.07) is 11.3. The molecule has 0 spiro atoms. The summed E-state index contributed by atoms with van der Waals surface area (Å²) in [7, 11) is 0. The van der Waals surface area contributed by atoms with Gasteiger partial charge in [-0.2, -0.15) is 0 Å². The van der Waals surface area contributed by atoms with E-state index in [1.165, 1.54) is 41.8 Å². The fourth-order valence-electron chi connectivity index (χ4n) is 2.51. The number of halogens is 1. The first-order chi connectivity index (χ1) is 13.1. The van der Waals surface area contributed by atoms with Crippen LogP contribution in [0.1, 0.15) is 16.1 Å². The molecule has 1 N–H and O–H groups in total. The van der Waals surface area contributed by atoms with Crippen LogP contribution < -0.4 is 5.32 Å². The number of aromatic nitrogens is 3. The molecule has 27 heavy (non-hydrogen) atoms. The van der Waals surface area contributed by atoms with Gasteiger partial charge in [-0.15, -0.1) is 11.3 Å². The second-order valence-corrected chi connectivity index (χ2v) is 6.59. The number of pyridine rings is 1. The number of anilines is 1. The zero-order valence-corrected chi connectivity index (χ0v) is 15.0. The molecule has 0 saturated carbocycles. The Labute approximate surface area is 157 Å². The van der Waals surface area contributed by atoms with Crippen LogP contribution in [0.4, 0.5) is 9.52 Å². The number of rotatable bonds is 4. The van der Waals surface area contributed by atoms with Crippen LogP contribution in [0.3, 0.4) is 0 Å². The molecule has 0 aliphatic heterocycles. The van der Waals surface area contributed by atoms with Gasteiger partial charge in [0.25, 0.3) is 5.91 Å². The smallest absolute Gasteiger partial charge is 0.263 e. The molecule has 0 unspecified atom stereocenters. The molecular weight excluding hydrogens is 367 g/mol. The van der Waals surface area contributed by atoms with Crippen molar-refractivity contribution in [3.63, 3.8) is 0 Å². The van der Waals surface area contributed by atoms with Crippen molar-refractivity contribution in [3.8, 4) is 22.7 Å². The molecule has 0 aliphatic rings. The quantitative estimate of drug-likeness (QED) is 0.561. The lowest BCUT2D eigenvalue weighted by atomic mass is 10.1. The molecule has 0 fully saturated rings. The highest BCUT2D eigenvalue weighted by Gasteiger charge is 2.19. The van der Waals surface area contributed by atoms with Gasteiger partial charge in [-0.05, 0) is 43.3 Å². The summed E-state index contributed by atoms with van der Waals surface area (Å²) in [5, 5.41) is 8.69. The van der Waals surface area contributed by atoms with Crippen LogP contribution in [0.5, 0.6) is 0 Å². The number of benzene rings is 1. The molecule has 4 rings (SSSR count). The monoisotopic (exact) mass is 380 g/mol. The molecule has 134 valence electrons. The third-order valence-corrected chi connectivity index (χ3v) is 4.55. The number of nitrogens with zero attached hydrogens (tertiary/aromatic N) is 3. The average molecular weight is 380 g/mol. The Morgan fingerprint density at radius 2 is 1.93 bits per heavy atom. The maximum atomic E-state index is 13.1. The van der Waals surface area contributed by atoms with E-state index in [1.54, 1.807) is 0 Å². The van der Waals surface area contributed by atoms with Crippen LogP contribution in [-0.4, -0.2) is 21.0 Å². The number of hydrogen-bond acceptors (Lipinski definition) is 6. The third kappa shape index (κ3) is 3.61. The molecule has 0 saturated heterocycles. The van der Waals surface area contributed by atoms with E-state index in [4.69, 9.17) is 4.52 Å². The predicted octanol–water partition coefficient (Wildman–Crippen LogP) is 4.56. The van der Waals surface area contributed by atoms with Crippen LogP contribution in [-0.2, 0) is 0 Å². The van der Waals surface area contributed by atoms with Crippen molar-refractivity contribution >= 4 is 22.4 Å². The molecule has 0 aliphatic carbocycles. The first-order valence-corrected chi connectivity index (χ1v) is 8.89. The summed E-state index contributed by atoms with van der Waals surface area (Å²) in [5.74, 6) is -0.511. The van der Waals surface area contributed by atoms with Crippen LogP contribution in [0.2, 0.25) is 0 Å². The average Bonchev–Trinajstić information content (AvgIpc) is 3.32. The molecule has 6 nitrogen and oxygen atoms in total. The second-order valence-electron chi connectivity index (χ2n) is 5.73. The largest absolute Gasteiger partial charge is 0.355 e. The topological polar surface area (TPSA) is 80.9 Å². The molecule has 1 amide bonds. The lowest BCUT2D eigenvalue weighted by Crippen LogP contribution is -2.11. The maximum Gasteiger partial charge on any atom is 0.263 e. The standard InChI is InChI=1S/C19H13FN4O2S/c1-11-3-2-4-15(22-11)16-10-27-19(23-16)24-18(25)14-9-21-26-17(14)12-5-7-13(20)8-6-12/h2-10H,1H3,(H,23,24,25). The van der Waals surface area contributed by atoms with Gasteiger partial charge in [-0.25, -0.2) is 9.37 Å². The Morgan fingerprint density at radius 1 is 1.11 bits per heavy atom. The van der Waals surface area contributed by atoms with Crippen LogP contribution in [0.15, 0.2) is 58.6 Å². The Balaban J connectivity index is 1.56. The van der Waals surface area contributed by atoms with E-state index in [0.717, 1.165) is 11.4 Å². The highest BCUT2D eigenvalue weighted by atomic mass is 32.1. The Kier molecular flexibility index (Phi) is 4.47. The van der Waals surface area contributed by atoms with Crippen molar-refractivity contribution in [1.82, 2.24) is 15.1 Å². The number of carbonyl (C=O) groups excluding carboxylic acids is 1. The summed E-state index contributed by atoms with van der Waals surface area (Å²) in [5.41, 5.74) is 3.11. The predicted molar refractivity (Wildman–Crippen MR) is 99.9 cm³/mol. The van der Waals surface area contributed by atoms with Gasteiger partial charge >= 0.3 is 0 Å². The van der Waals surface area contributed by atoms with Crippen LogP contribution >= 0.6 is 11.3 Å². The summed E-state index contributed by atoms with van der Waals surface area (Å²) in [6.45, 7) is 1.90. The van der Waals surface area contributed by atoms with E-state index in [2.05, 4.69) is 20.4 Å². The molecule has 0 radical (unpaired) electrons. The van der Waals surface area contributed by atoms with E-state index in [1.807, 2.05) is 30.5 Å². The lowest BCUT2D eigenvalue weighted by Gasteiger charge is -2.02. The van der Waals surface area contributed by atoms with E-state index in [9.17, 15) is 9.18 Å². The van der Waals surface area contributed by atoms with Crippen LogP contribution in [0, 0.1) is 12.7 Å². The molecule has 1 aromatic carbocycles. The van der Waals surface area contributed by atoms with Crippen molar-refractivity contribution < 1.29 is 13.7 Å². The van der Waals surface area contributed by atoms with Gasteiger partial charge in [-0.3, -0.25) is 15.1 Å². The molecular formula is C19H13FN4O2S. The third-order valence-electron chi connectivity index (χ3n) is 3.80. The minimum absolute atomic E-state index is 0.243. The molecule has 4 aromatic rings. The summed E-state index contributed by atoms with van der Waals surface area (Å²) in [6.07, 6.45) is 1.32. The van der Waals surface area contributed by atoms with Crippen molar-refractivity contribution in [3.05, 3.63) is 71.1 Å². The minimum Gasteiger partial charge on any atom is -0.355 e. The van der Waals surface area contributed by atoms with E-state index >= 15 is 0 Å². The van der Waals surface area contributed by atoms with Crippen molar-refractivity contribution in [2.75, 3.05) is 5.32 Å². The second kappa shape index (κ2) is 7.08. The maximum absolute atomic E-state index is 13.1. The fraction of sp³-hybridized carbons (Fsp3) is 0.0526. The first kappa shape index (κ1) is 17.0. The van der Waals surface area contributed by atoms with Gasteiger partial charge in [0, 0.05) is 16.6 Å². The van der Waals surface area contributed by atoms with Gasteiger partial charge < -0.3 is 4.52 Å². The minimum atomic E-state index is -0.409. The number of thiazole rings is 1. The Bertz CT molecular complexity index is 1100. The zero-order chi connectivity index (χ0) is 18.8. The number of aryl methyl sites for hydroxylation is 1. The molecule has 0 bridgehead atoms. The number of amides is 1. The SMILES string of the molecule is Cc1cccc(-c2csc(NC(=O)c3cnoc3-c3ccc(F)cc3)n2)n1. The van der Waals surface area contributed by atoms with Gasteiger partial charge in [0.1, 0.15) is 17.1 Å². The van der Waals surface area contributed by atoms with Gasteiger partial charge in [-0.1, -0.05) is 11.2 Å². The molecule has 3 heterocycles.